The van der Waals surface area contributed by atoms with E-state index in [0.717, 1.165) is 24.3 Å². The fourth-order valence-electron chi connectivity index (χ4n) is 0.729. The van der Waals surface area contributed by atoms with E-state index in [1.54, 1.807) is 0 Å². The van der Waals surface area contributed by atoms with E-state index in [-0.39, 0.29) is 11.4 Å². The van der Waals surface area contributed by atoms with Gasteiger partial charge in [-0.15, -0.1) is 4.39 Å². The van der Waals surface area contributed by atoms with Gasteiger partial charge >= 0.3 is 6.22 Å². The highest BCUT2D eigenvalue weighted by Gasteiger charge is 2.06. The number of benzene rings is 1. The van der Waals surface area contributed by atoms with Gasteiger partial charge in [0, 0.05) is 12.1 Å². The molecule has 0 heterocycles. The Hall–Kier alpha value is -1.98. The zero-order chi connectivity index (χ0) is 9.84. The van der Waals surface area contributed by atoms with Crippen molar-refractivity contribution in [3.05, 3.63) is 34.4 Å². The number of carbonyl (C=O) groups excluding carboxylic acids is 1. The minimum absolute atomic E-state index is 0.0712. The predicted molar refractivity (Wildman–Crippen MR) is 40.2 cm³/mol. The molecule has 0 aliphatic rings. The second-order valence-corrected chi connectivity index (χ2v) is 2.09. The molecule has 6 heteroatoms. The van der Waals surface area contributed by atoms with E-state index in [1.807, 2.05) is 0 Å². The van der Waals surface area contributed by atoms with Gasteiger partial charge in [-0.2, -0.15) is 0 Å². The number of non-ortho nitro benzene ring substituents is 1. The lowest BCUT2D eigenvalue weighted by Crippen LogP contribution is -1.97. The first kappa shape index (κ1) is 9.11. The molecule has 0 aromatic heterocycles. The molecule has 0 fully saturated rings. The van der Waals surface area contributed by atoms with Crippen LogP contribution >= 0.6 is 0 Å². The molecule has 0 saturated heterocycles. The largest absolute Gasteiger partial charge is 0.500 e. The van der Waals surface area contributed by atoms with Crippen molar-refractivity contribution in [3.8, 4) is 5.75 Å². The lowest BCUT2D eigenvalue weighted by molar-refractivity contribution is -0.384. The van der Waals surface area contributed by atoms with Crippen LogP contribution in [-0.2, 0) is 0 Å². The summed E-state index contributed by atoms with van der Waals surface area (Å²) in [7, 11) is 0. The number of rotatable bonds is 2. The van der Waals surface area contributed by atoms with Gasteiger partial charge in [0.25, 0.3) is 5.69 Å². The second kappa shape index (κ2) is 3.61. The quantitative estimate of drug-likeness (QED) is 0.401. The molecule has 0 unspecified atom stereocenters. The van der Waals surface area contributed by atoms with Crippen molar-refractivity contribution < 1.29 is 18.8 Å². The molecule has 1 aromatic carbocycles. The number of halogens is 1. The van der Waals surface area contributed by atoms with Crippen LogP contribution in [-0.4, -0.2) is 11.1 Å². The number of nitrogens with zero attached hydrogens (tertiary/aromatic N) is 1. The summed E-state index contributed by atoms with van der Waals surface area (Å²) in [6.07, 6.45) is -1.95. The molecular formula is C7H4FNO4. The highest BCUT2D eigenvalue weighted by Crippen LogP contribution is 2.17. The van der Waals surface area contributed by atoms with Crippen molar-refractivity contribution in [2.24, 2.45) is 0 Å². The van der Waals surface area contributed by atoms with E-state index in [0.29, 0.717) is 0 Å². The first-order valence-corrected chi connectivity index (χ1v) is 3.21. The van der Waals surface area contributed by atoms with Gasteiger partial charge in [0.1, 0.15) is 5.75 Å². The zero-order valence-corrected chi connectivity index (χ0v) is 6.27. The molecule has 68 valence electrons. The summed E-state index contributed by atoms with van der Waals surface area (Å²) < 4.78 is 15.7. The van der Waals surface area contributed by atoms with E-state index >= 15 is 0 Å². The smallest absolute Gasteiger partial charge is 0.401 e. The second-order valence-electron chi connectivity index (χ2n) is 2.09. The molecule has 0 bridgehead atoms. The van der Waals surface area contributed by atoms with Crippen LogP contribution in [0.5, 0.6) is 5.75 Å². The fraction of sp³-hybridized carbons (Fsp3) is 0. The summed E-state index contributed by atoms with van der Waals surface area (Å²) in [5, 5.41) is 10.2. The van der Waals surface area contributed by atoms with Gasteiger partial charge in [-0.25, -0.2) is 4.79 Å². The van der Waals surface area contributed by atoms with E-state index in [2.05, 4.69) is 4.74 Å². The van der Waals surface area contributed by atoms with Crippen LogP contribution in [0.4, 0.5) is 14.9 Å². The van der Waals surface area contributed by atoms with Crippen LogP contribution in [0.2, 0.25) is 0 Å². The summed E-state index contributed by atoms with van der Waals surface area (Å²) in [6, 6.07) is 4.49. The highest BCUT2D eigenvalue weighted by molar-refractivity contribution is 5.62. The molecule has 0 saturated carbocycles. The molecule has 0 atom stereocenters. The van der Waals surface area contributed by atoms with E-state index in [9.17, 15) is 19.3 Å². The Morgan fingerprint density at radius 2 is 1.92 bits per heavy atom. The summed E-state index contributed by atoms with van der Waals surface area (Å²) in [5.41, 5.74) is -0.154. The van der Waals surface area contributed by atoms with Crippen LogP contribution < -0.4 is 4.74 Å². The summed E-state index contributed by atoms with van der Waals surface area (Å²) in [4.78, 5) is 19.4. The zero-order valence-electron chi connectivity index (χ0n) is 6.27. The first-order valence-electron chi connectivity index (χ1n) is 3.21. The minimum Gasteiger partial charge on any atom is -0.401 e. The van der Waals surface area contributed by atoms with Gasteiger partial charge in [-0.3, -0.25) is 10.1 Å². The normalized spacial score (nSPS) is 9.31. The van der Waals surface area contributed by atoms with Crippen molar-refractivity contribution in [1.29, 1.82) is 0 Å². The Morgan fingerprint density at radius 1 is 1.38 bits per heavy atom. The summed E-state index contributed by atoms with van der Waals surface area (Å²) in [6.45, 7) is 0. The molecule has 0 N–H and O–H groups in total. The lowest BCUT2D eigenvalue weighted by Gasteiger charge is -1.96. The Bertz CT molecular complexity index is 335. The Labute approximate surface area is 71.9 Å². The van der Waals surface area contributed by atoms with Crippen molar-refractivity contribution in [2.45, 2.75) is 0 Å². The molecule has 0 aliphatic heterocycles. The van der Waals surface area contributed by atoms with Crippen LogP contribution in [0, 0.1) is 10.1 Å². The number of hydrogen-bond acceptors (Lipinski definition) is 4. The third-order valence-electron chi connectivity index (χ3n) is 1.25. The number of ether oxygens (including phenoxy) is 1. The maximum Gasteiger partial charge on any atom is 0.500 e. The van der Waals surface area contributed by atoms with Crippen molar-refractivity contribution in [3.63, 3.8) is 0 Å². The fourth-order valence-corrected chi connectivity index (χ4v) is 0.729. The van der Waals surface area contributed by atoms with Crippen LogP contribution in [0.25, 0.3) is 0 Å². The topological polar surface area (TPSA) is 69.4 Å². The van der Waals surface area contributed by atoms with Gasteiger partial charge in [-0.05, 0) is 12.1 Å². The molecule has 13 heavy (non-hydrogen) atoms. The monoisotopic (exact) mass is 185 g/mol. The van der Waals surface area contributed by atoms with Crippen LogP contribution in [0.3, 0.4) is 0 Å². The number of nitro benzene ring substituents is 1. The average molecular weight is 185 g/mol. The molecule has 0 spiro atoms. The SMILES string of the molecule is O=C(F)Oc1ccc([N+](=O)[O-])cc1. The third kappa shape index (κ3) is 2.51. The molecule has 1 rings (SSSR count). The van der Waals surface area contributed by atoms with E-state index in [4.69, 9.17) is 0 Å². The number of nitro groups is 1. The Balaban J connectivity index is 2.81. The van der Waals surface area contributed by atoms with Crippen molar-refractivity contribution in [1.82, 2.24) is 0 Å². The van der Waals surface area contributed by atoms with Gasteiger partial charge in [0.2, 0.25) is 0 Å². The Kier molecular flexibility index (Phi) is 2.53. The number of hydrogen-bond donors (Lipinski definition) is 0. The standard InChI is InChI=1S/C7H4FNO4/c8-7(10)13-6-3-1-5(2-4-6)9(11)12/h1-4H. The lowest BCUT2D eigenvalue weighted by atomic mass is 10.3. The summed E-state index contributed by atoms with van der Waals surface area (Å²) >= 11 is 0. The van der Waals surface area contributed by atoms with Gasteiger partial charge in [-0.1, -0.05) is 0 Å². The van der Waals surface area contributed by atoms with Gasteiger partial charge < -0.3 is 4.74 Å². The molecule has 1 aromatic rings. The predicted octanol–water partition coefficient (Wildman–Crippen LogP) is 2.06. The maximum atomic E-state index is 11.7. The molecule has 0 radical (unpaired) electrons. The molecule has 5 nitrogen and oxygen atoms in total. The van der Waals surface area contributed by atoms with Crippen LogP contribution in [0.15, 0.2) is 24.3 Å². The Morgan fingerprint density at radius 3 is 2.31 bits per heavy atom. The highest BCUT2D eigenvalue weighted by atomic mass is 19.1. The van der Waals surface area contributed by atoms with Crippen molar-refractivity contribution in [2.75, 3.05) is 0 Å². The first-order chi connectivity index (χ1) is 6.09. The van der Waals surface area contributed by atoms with Gasteiger partial charge in [0.15, 0.2) is 0 Å². The molecular weight excluding hydrogens is 181 g/mol. The summed E-state index contributed by atoms with van der Waals surface area (Å²) in [5.74, 6) is -0.0712. The molecule has 0 amide bonds. The van der Waals surface area contributed by atoms with Crippen LogP contribution in [0.1, 0.15) is 0 Å². The van der Waals surface area contributed by atoms with E-state index in [1.165, 1.54) is 0 Å². The minimum atomic E-state index is -1.95. The molecule has 0 aliphatic carbocycles. The third-order valence-corrected chi connectivity index (χ3v) is 1.25. The maximum absolute atomic E-state index is 11.7. The van der Waals surface area contributed by atoms with E-state index < -0.39 is 11.1 Å². The number of carbonyl (C=O) groups is 1. The van der Waals surface area contributed by atoms with Gasteiger partial charge in [0.05, 0.1) is 4.92 Å². The van der Waals surface area contributed by atoms with Crippen molar-refractivity contribution >= 4 is 11.9 Å². The average Bonchev–Trinajstić information content (AvgIpc) is 2.04.